The van der Waals surface area contributed by atoms with Crippen LogP contribution in [0.15, 0.2) is 30.5 Å². The molecule has 3 heterocycles. The molecule has 1 aliphatic carbocycles. The minimum atomic E-state index is -0.0292. The second-order valence-corrected chi connectivity index (χ2v) is 8.07. The van der Waals surface area contributed by atoms with Crippen LogP contribution in [0.5, 0.6) is 0 Å². The zero-order valence-electron chi connectivity index (χ0n) is 16.8. The summed E-state index contributed by atoms with van der Waals surface area (Å²) in [6.07, 6.45) is 6.74. The summed E-state index contributed by atoms with van der Waals surface area (Å²) in [6, 6.07) is 8.02. The first kappa shape index (κ1) is 18.1. The van der Waals surface area contributed by atoms with Crippen LogP contribution in [0.2, 0.25) is 0 Å². The molecule has 2 aliphatic rings. The van der Waals surface area contributed by atoms with Crippen LogP contribution in [0.25, 0.3) is 11.0 Å². The van der Waals surface area contributed by atoms with Gasteiger partial charge >= 0.3 is 0 Å². The highest BCUT2D eigenvalue weighted by Crippen LogP contribution is 2.26. The largest absolute Gasteiger partial charge is 0.349 e. The first-order valence-corrected chi connectivity index (χ1v) is 10.5. The van der Waals surface area contributed by atoms with Gasteiger partial charge in [0.2, 0.25) is 11.9 Å². The molecule has 1 saturated heterocycles. The Kier molecular flexibility index (Phi) is 4.66. The quantitative estimate of drug-likeness (QED) is 0.740. The summed E-state index contributed by atoms with van der Waals surface area (Å²) in [5, 5.41) is 3.09. The van der Waals surface area contributed by atoms with Gasteiger partial charge in [0, 0.05) is 37.9 Å². The van der Waals surface area contributed by atoms with Crippen LogP contribution in [0.1, 0.15) is 36.3 Å². The Bertz CT molecular complexity index is 1050. The van der Waals surface area contributed by atoms with Crippen LogP contribution in [-0.2, 0) is 31.2 Å². The fourth-order valence-electron chi connectivity index (χ4n) is 4.45. The maximum atomic E-state index is 12.8. The summed E-state index contributed by atoms with van der Waals surface area (Å²) in [5.74, 6) is 1.78. The van der Waals surface area contributed by atoms with Crippen LogP contribution in [0.3, 0.4) is 0 Å². The van der Waals surface area contributed by atoms with Crippen LogP contribution < -0.4 is 10.2 Å². The number of rotatable bonds is 4. The zero-order chi connectivity index (χ0) is 19.8. The van der Waals surface area contributed by atoms with Gasteiger partial charge in [-0.3, -0.25) is 4.79 Å². The van der Waals surface area contributed by atoms with E-state index < -0.39 is 0 Å². The topological polar surface area (TPSA) is 75.9 Å². The number of benzene rings is 1. The van der Waals surface area contributed by atoms with E-state index in [2.05, 4.69) is 20.2 Å². The van der Waals surface area contributed by atoms with Crippen molar-refractivity contribution >= 4 is 22.9 Å². The average molecular weight is 390 g/mol. The monoisotopic (exact) mass is 390 g/mol. The van der Waals surface area contributed by atoms with Crippen molar-refractivity contribution < 1.29 is 4.79 Å². The first-order chi connectivity index (χ1) is 14.2. The van der Waals surface area contributed by atoms with Crippen molar-refractivity contribution in [3.05, 3.63) is 47.5 Å². The number of nitrogens with zero attached hydrogens (tertiary/aromatic N) is 5. The van der Waals surface area contributed by atoms with E-state index in [0.29, 0.717) is 13.0 Å². The fraction of sp³-hybridized carbons (Fsp3) is 0.455. The number of hydrogen-bond donors (Lipinski definition) is 1. The standard InChI is InChI=1S/C22H26N6O/c1-27-19-7-3-2-6-18(19)25-20(27)14-23-21(29)15-8-9-17-16(12-15)13-24-22(26-17)28-10-4-5-11-28/h2-3,6-7,13,15H,4-5,8-12,14H2,1H3,(H,23,29). The molecular weight excluding hydrogens is 364 g/mol. The SMILES string of the molecule is Cn1c(CNC(=O)C2CCc3nc(N4CCCC4)ncc3C2)nc2ccccc21. The van der Waals surface area contributed by atoms with E-state index in [4.69, 9.17) is 4.98 Å². The zero-order valence-corrected chi connectivity index (χ0v) is 16.8. The predicted molar refractivity (Wildman–Crippen MR) is 112 cm³/mol. The van der Waals surface area contributed by atoms with Gasteiger partial charge in [0.15, 0.2) is 0 Å². The van der Waals surface area contributed by atoms with Gasteiger partial charge in [-0.2, -0.15) is 0 Å². The smallest absolute Gasteiger partial charge is 0.225 e. The third-order valence-electron chi connectivity index (χ3n) is 6.20. The van der Waals surface area contributed by atoms with Gasteiger partial charge in [-0.1, -0.05) is 12.1 Å². The molecular formula is C22H26N6O. The van der Waals surface area contributed by atoms with Crippen LogP contribution in [0, 0.1) is 5.92 Å². The Labute approximate surface area is 170 Å². The maximum absolute atomic E-state index is 12.8. The molecule has 0 saturated carbocycles. The van der Waals surface area contributed by atoms with Gasteiger partial charge in [-0.25, -0.2) is 15.0 Å². The Morgan fingerprint density at radius 3 is 2.86 bits per heavy atom. The molecule has 1 amide bonds. The fourth-order valence-corrected chi connectivity index (χ4v) is 4.45. The number of hydrogen-bond acceptors (Lipinski definition) is 5. The minimum Gasteiger partial charge on any atom is -0.349 e. The highest BCUT2D eigenvalue weighted by Gasteiger charge is 2.27. The molecule has 1 aromatic carbocycles. The molecule has 0 spiro atoms. The molecule has 150 valence electrons. The summed E-state index contributed by atoms with van der Waals surface area (Å²) < 4.78 is 2.04. The average Bonchev–Trinajstić information content (AvgIpc) is 3.40. The Hall–Kier alpha value is -2.96. The van der Waals surface area contributed by atoms with E-state index in [1.165, 1.54) is 12.8 Å². The van der Waals surface area contributed by atoms with Crippen LogP contribution in [0.4, 0.5) is 5.95 Å². The van der Waals surface area contributed by atoms with E-state index in [9.17, 15) is 4.79 Å². The number of fused-ring (bicyclic) bond motifs is 2. The number of aromatic nitrogens is 4. The third kappa shape index (κ3) is 3.45. The second-order valence-electron chi connectivity index (χ2n) is 8.07. The lowest BCUT2D eigenvalue weighted by molar-refractivity contribution is -0.125. The van der Waals surface area contributed by atoms with E-state index in [0.717, 1.165) is 60.0 Å². The summed E-state index contributed by atoms with van der Waals surface area (Å²) in [6.45, 7) is 2.54. The van der Waals surface area contributed by atoms with Crippen molar-refractivity contribution in [3.63, 3.8) is 0 Å². The van der Waals surface area contributed by atoms with Crippen molar-refractivity contribution in [1.82, 2.24) is 24.8 Å². The Morgan fingerprint density at radius 2 is 2.03 bits per heavy atom. The molecule has 5 rings (SSSR count). The van der Waals surface area contributed by atoms with E-state index in [-0.39, 0.29) is 11.8 Å². The molecule has 1 fully saturated rings. The van der Waals surface area contributed by atoms with Crippen LogP contribution >= 0.6 is 0 Å². The lowest BCUT2D eigenvalue weighted by Gasteiger charge is -2.24. The summed E-state index contributed by atoms with van der Waals surface area (Å²) >= 11 is 0. The van der Waals surface area contributed by atoms with E-state index in [1.807, 2.05) is 42.1 Å². The highest BCUT2D eigenvalue weighted by atomic mass is 16.1. The normalized spacial score (nSPS) is 18.8. The van der Waals surface area contributed by atoms with Gasteiger partial charge in [0.25, 0.3) is 0 Å². The number of carbonyl (C=O) groups excluding carboxylic acids is 1. The lowest BCUT2D eigenvalue weighted by atomic mass is 9.86. The molecule has 7 nitrogen and oxygen atoms in total. The molecule has 0 radical (unpaired) electrons. The first-order valence-electron chi connectivity index (χ1n) is 10.5. The number of anilines is 1. The van der Waals surface area contributed by atoms with Gasteiger partial charge in [-0.15, -0.1) is 0 Å². The number of nitrogens with one attached hydrogen (secondary N) is 1. The lowest BCUT2D eigenvalue weighted by Crippen LogP contribution is -2.34. The van der Waals surface area contributed by atoms with Gasteiger partial charge in [0.05, 0.1) is 17.6 Å². The summed E-state index contributed by atoms with van der Waals surface area (Å²) in [4.78, 5) is 29.0. The van der Waals surface area contributed by atoms with Gasteiger partial charge < -0.3 is 14.8 Å². The number of carbonyl (C=O) groups is 1. The third-order valence-corrected chi connectivity index (χ3v) is 6.20. The molecule has 0 bridgehead atoms. The Morgan fingerprint density at radius 1 is 1.21 bits per heavy atom. The Balaban J connectivity index is 1.24. The maximum Gasteiger partial charge on any atom is 0.225 e. The molecule has 1 unspecified atom stereocenters. The van der Waals surface area contributed by atoms with Crippen molar-refractivity contribution in [2.24, 2.45) is 13.0 Å². The van der Waals surface area contributed by atoms with Crippen LogP contribution in [-0.4, -0.2) is 38.5 Å². The number of aryl methyl sites for hydroxylation is 2. The minimum absolute atomic E-state index is 0.0292. The highest BCUT2D eigenvalue weighted by molar-refractivity contribution is 5.79. The van der Waals surface area contributed by atoms with Crippen molar-refractivity contribution in [2.45, 2.75) is 38.6 Å². The molecule has 1 N–H and O–H groups in total. The second kappa shape index (κ2) is 7.46. The summed E-state index contributed by atoms with van der Waals surface area (Å²) in [7, 11) is 1.99. The molecule has 7 heteroatoms. The number of para-hydroxylation sites is 2. The van der Waals surface area contributed by atoms with E-state index in [1.54, 1.807) is 0 Å². The van der Waals surface area contributed by atoms with E-state index >= 15 is 0 Å². The summed E-state index contributed by atoms with van der Waals surface area (Å²) in [5.41, 5.74) is 4.26. The molecule has 2 aromatic heterocycles. The van der Waals surface area contributed by atoms with Gasteiger partial charge in [0.1, 0.15) is 5.82 Å². The molecule has 29 heavy (non-hydrogen) atoms. The number of imidazole rings is 1. The predicted octanol–water partition coefficient (Wildman–Crippen LogP) is 2.38. The van der Waals surface area contributed by atoms with Crippen molar-refractivity contribution in [2.75, 3.05) is 18.0 Å². The van der Waals surface area contributed by atoms with Crippen molar-refractivity contribution in [1.29, 1.82) is 0 Å². The van der Waals surface area contributed by atoms with Gasteiger partial charge in [-0.05, 0) is 49.8 Å². The molecule has 3 aromatic rings. The number of amides is 1. The molecule has 1 atom stereocenters. The van der Waals surface area contributed by atoms with Crippen molar-refractivity contribution in [3.8, 4) is 0 Å². The molecule has 1 aliphatic heterocycles.